The summed E-state index contributed by atoms with van der Waals surface area (Å²) in [5.41, 5.74) is 3.14. The van der Waals surface area contributed by atoms with E-state index < -0.39 is 0 Å². The molecule has 2 rings (SSSR count). The molecule has 0 saturated heterocycles. The second-order valence-electron chi connectivity index (χ2n) is 3.86. The van der Waals surface area contributed by atoms with E-state index in [9.17, 15) is 0 Å². The first-order valence-corrected chi connectivity index (χ1v) is 6.56. The van der Waals surface area contributed by atoms with Gasteiger partial charge in [0.2, 0.25) is 0 Å². The smallest absolute Gasteiger partial charge is 0.117 e. The monoisotopic (exact) mass is 255 g/mol. The predicted molar refractivity (Wildman–Crippen MR) is 67.2 cm³/mol. The number of alkyl halides is 1. The van der Waals surface area contributed by atoms with Gasteiger partial charge in [-0.2, -0.15) is 5.10 Å². The van der Waals surface area contributed by atoms with Crippen molar-refractivity contribution in [3.05, 3.63) is 33.5 Å². The van der Waals surface area contributed by atoms with Crippen molar-refractivity contribution in [2.45, 2.75) is 32.7 Å². The van der Waals surface area contributed by atoms with Crippen molar-refractivity contribution in [1.29, 1.82) is 0 Å². The van der Waals surface area contributed by atoms with E-state index in [2.05, 4.69) is 30.0 Å². The molecule has 1 atom stereocenters. The molecule has 2 heterocycles. The predicted octanol–water partition coefficient (Wildman–Crippen LogP) is 3.30. The molecule has 0 amide bonds. The third-order valence-corrected chi connectivity index (χ3v) is 3.81. The van der Waals surface area contributed by atoms with Crippen LogP contribution in [0.5, 0.6) is 0 Å². The normalized spacial score (nSPS) is 13.0. The van der Waals surface area contributed by atoms with E-state index in [0.29, 0.717) is 5.88 Å². The molecule has 0 aromatic carbocycles. The molecule has 5 heteroatoms. The third kappa shape index (κ3) is 2.13. The highest BCUT2D eigenvalue weighted by Crippen LogP contribution is 2.23. The van der Waals surface area contributed by atoms with Gasteiger partial charge in [0.05, 0.1) is 17.3 Å². The standard InChI is InChI=1S/C11H14ClN3S/c1-7-4-8(2)15(14-7)9(3)11-13-10(5-12)6-16-11/h4,6,9H,5H2,1-3H3. The lowest BCUT2D eigenvalue weighted by atomic mass is 10.3. The van der Waals surface area contributed by atoms with E-state index in [-0.39, 0.29) is 6.04 Å². The maximum atomic E-state index is 5.75. The molecule has 1 unspecified atom stereocenters. The van der Waals surface area contributed by atoms with E-state index in [1.807, 2.05) is 17.0 Å². The summed E-state index contributed by atoms with van der Waals surface area (Å²) in [4.78, 5) is 4.48. The van der Waals surface area contributed by atoms with Gasteiger partial charge >= 0.3 is 0 Å². The van der Waals surface area contributed by atoms with Gasteiger partial charge in [-0.05, 0) is 26.8 Å². The summed E-state index contributed by atoms with van der Waals surface area (Å²) in [6.07, 6.45) is 0. The van der Waals surface area contributed by atoms with Crippen molar-refractivity contribution < 1.29 is 0 Å². The van der Waals surface area contributed by atoms with E-state index in [4.69, 9.17) is 11.6 Å². The Bertz CT molecular complexity index is 489. The number of aromatic nitrogens is 3. The molecular formula is C11H14ClN3S. The van der Waals surface area contributed by atoms with Crippen molar-refractivity contribution in [2.24, 2.45) is 0 Å². The molecule has 86 valence electrons. The molecule has 0 bridgehead atoms. The fourth-order valence-corrected chi connectivity index (χ4v) is 2.81. The Morgan fingerprint density at radius 2 is 2.25 bits per heavy atom. The highest BCUT2D eigenvalue weighted by atomic mass is 35.5. The summed E-state index contributed by atoms with van der Waals surface area (Å²) in [5, 5.41) is 7.53. The molecule has 2 aromatic heterocycles. The van der Waals surface area contributed by atoms with Crippen molar-refractivity contribution in [3.8, 4) is 0 Å². The SMILES string of the molecule is Cc1cc(C)n(C(C)c2nc(CCl)cs2)n1. The molecule has 0 N–H and O–H groups in total. The van der Waals surface area contributed by atoms with Crippen LogP contribution in [0.4, 0.5) is 0 Å². The van der Waals surface area contributed by atoms with Gasteiger partial charge in [-0.3, -0.25) is 4.68 Å². The van der Waals surface area contributed by atoms with Crippen molar-refractivity contribution >= 4 is 22.9 Å². The van der Waals surface area contributed by atoms with E-state index in [1.54, 1.807) is 11.3 Å². The average Bonchev–Trinajstić information content (AvgIpc) is 2.84. The van der Waals surface area contributed by atoms with Crippen molar-refractivity contribution in [3.63, 3.8) is 0 Å². The maximum absolute atomic E-state index is 5.75. The topological polar surface area (TPSA) is 30.7 Å². The highest BCUT2D eigenvalue weighted by Gasteiger charge is 2.15. The molecule has 16 heavy (non-hydrogen) atoms. The lowest BCUT2D eigenvalue weighted by Gasteiger charge is -2.11. The minimum absolute atomic E-state index is 0.177. The van der Waals surface area contributed by atoms with Gasteiger partial charge in [0, 0.05) is 11.1 Å². The van der Waals surface area contributed by atoms with Gasteiger partial charge in [0.25, 0.3) is 0 Å². The van der Waals surface area contributed by atoms with Crippen LogP contribution >= 0.6 is 22.9 Å². The van der Waals surface area contributed by atoms with Gasteiger partial charge in [-0.15, -0.1) is 22.9 Å². The second-order valence-corrected chi connectivity index (χ2v) is 5.02. The van der Waals surface area contributed by atoms with Crippen LogP contribution < -0.4 is 0 Å². The molecule has 0 fully saturated rings. The van der Waals surface area contributed by atoms with E-state index in [1.165, 1.54) is 0 Å². The minimum Gasteiger partial charge on any atom is -0.260 e. The Morgan fingerprint density at radius 1 is 1.50 bits per heavy atom. The minimum atomic E-state index is 0.177. The van der Waals surface area contributed by atoms with Crippen LogP contribution in [-0.4, -0.2) is 14.8 Å². The van der Waals surface area contributed by atoms with E-state index >= 15 is 0 Å². The van der Waals surface area contributed by atoms with Gasteiger partial charge in [-0.1, -0.05) is 0 Å². The van der Waals surface area contributed by atoms with Crippen LogP contribution in [-0.2, 0) is 5.88 Å². The summed E-state index contributed by atoms with van der Waals surface area (Å²) in [7, 11) is 0. The number of thiazole rings is 1. The first-order valence-electron chi connectivity index (χ1n) is 5.15. The lowest BCUT2D eigenvalue weighted by Crippen LogP contribution is -2.10. The quantitative estimate of drug-likeness (QED) is 0.788. The lowest BCUT2D eigenvalue weighted by molar-refractivity contribution is 0.543. The van der Waals surface area contributed by atoms with Crippen molar-refractivity contribution in [2.75, 3.05) is 0 Å². The number of hydrogen-bond donors (Lipinski definition) is 0. The Morgan fingerprint density at radius 3 is 2.75 bits per heavy atom. The Labute approximate surface area is 104 Å². The zero-order chi connectivity index (χ0) is 11.7. The van der Waals surface area contributed by atoms with E-state index in [0.717, 1.165) is 22.1 Å². The Kier molecular flexibility index (Phi) is 3.30. The molecule has 3 nitrogen and oxygen atoms in total. The Balaban J connectivity index is 2.31. The number of halogens is 1. The fourth-order valence-electron chi connectivity index (χ4n) is 1.72. The zero-order valence-corrected chi connectivity index (χ0v) is 11.1. The number of nitrogens with zero attached hydrogens (tertiary/aromatic N) is 3. The van der Waals surface area contributed by atoms with Crippen LogP contribution in [0.3, 0.4) is 0 Å². The molecule has 0 aliphatic heterocycles. The molecular weight excluding hydrogens is 242 g/mol. The van der Waals surface area contributed by atoms with Gasteiger partial charge < -0.3 is 0 Å². The van der Waals surface area contributed by atoms with Gasteiger partial charge in [0.15, 0.2) is 0 Å². The summed E-state index contributed by atoms with van der Waals surface area (Å²) in [6, 6.07) is 2.25. The van der Waals surface area contributed by atoms with Crippen LogP contribution in [0.2, 0.25) is 0 Å². The third-order valence-electron chi connectivity index (χ3n) is 2.48. The molecule has 0 aliphatic carbocycles. The maximum Gasteiger partial charge on any atom is 0.117 e. The highest BCUT2D eigenvalue weighted by molar-refractivity contribution is 7.09. The van der Waals surface area contributed by atoms with Gasteiger partial charge in [-0.25, -0.2) is 4.98 Å². The summed E-state index contributed by atoms with van der Waals surface area (Å²) in [5.74, 6) is 0.473. The fraction of sp³-hybridized carbons (Fsp3) is 0.455. The zero-order valence-electron chi connectivity index (χ0n) is 9.57. The summed E-state index contributed by atoms with van der Waals surface area (Å²) < 4.78 is 2.01. The molecule has 0 radical (unpaired) electrons. The molecule has 0 saturated carbocycles. The summed E-state index contributed by atoms with van der Waals surface area (Å²) >= 11 is 7.39. The van der Waals surface area contributed by atoms with Crippen molar-refractivity contribution in [1.82, 2.24) is 14.8 Å². The average molecular weight is 256 g/mol. The molecule has 0 spiro atoms. The second kappa shape index (κ2) is 4.55. The number of hydrogen-bond acceptors (Lipinski definition) is 3. The number of rotatable bonds is 3. The summed E-state index contributed by atoms with van der Waals surface area (Å²) in [6.45, 7) is 6.17. The first kappa shape index (κ1) is 11.6. The number of aryl methyl sites for hydroxylation is 2. The van der Waals surface area contributed by atoms with Crippen LogP contribution in [0.25, 0.3) is 0 Å². The largest absolute Gasteiger partial charge is 0.260 e. The molecule has 2 aromatic rings. The van der Waals surface area contributed by atoms with Crippen LogP contribution in [0, 0.1) is 13.8 Å². The van der Waals surface area contributed by atoms with Gasteiger partial charge in [0.1, 0.15) is 11.0 Å². The van der Waals surface area contributed by atoms with Crippen LogP contribution in [0.1, 0.15) is 35.1 Å². The molecule has 0 aliphatic rings. The first-order chi connectivity index (χ1) is 7.61. The van der Waals surface area contributed by atoms with Crippen LogP contribution in [0.15, 0.2) is 11.4 Å². The Hall–Kier alpha value is -0.870.